The van der Waals surface area contributed by atoms with Crippen LogP contribution in [0.4, 0.5) is 4.79 Å². The summed E-state index contributed by atoms with van der Waals surface area (Å²) >= 11 is 0. The van der Waals surface area contributed by atoms with E-state index in [2.05, 4.69) is 54.0 Å². The zero-order valence-electron chi connectivity index (χ0n) is 15.9. The number of hydrogen-bond donors (Lipinski definition) is 0. The highest BCUT2D eigenvalue weighted by Gasteiger charge is 2.25. The van der Waals surface area contributed by atoms with E-state index in [9.17, 15) is 9.59 Å². The fourth-order valence-corrected chi connectivity index (χ4v) is 2.51. The number of allylic oxidation sites excluding steroid dienone is 1. The summed E-state index contributed by atoms with van der Waals surface area (Å²) in [5, 5.41) is 0. The summed E-state index contributed by atoms with van der Waals surface area (Å²) in [5.41, 5.74) is 0.381. The highest BCUT2D eigenvalue weighted by atomic mass is 17.3. The van der Waals surface area contributed by atoms with Gasteiger partial charge in [-0.1, -0.05) is 40.7 Å². The van der Waals surface area contributed by atoms with E-state index in [4.69, 9.17) is 4.89 Å². The molecule has 0 N–H and O–H groups in total. The lowest BCUT2D eigenvalue weighted by molar-refractivity contribution is -0.422. The van der Waals surface area contributed by atoms with Crippen molar-refractivity contribution in [2.75, 3.05) is 6.61 Å². The molecule has 0 aromatic rings. The lowest BCUT2D eigenvalue weighted by atomic mass is 9.75. The fourth-order valence-electron chi connectivity index (χ4n) is 2.51. The molecule has 24 heavy (non-hydrogen) atoms. The van der Waals surface area contributed by atoms with Crippen LogP contribution in [-0.2, 0) is 29.1 Å². The van der Waals surface area contributed by atoms with Crippen molar-refractivity contribution >= 4 is 12.1 Å². The molecular weight excluding hydrogens is 316 g/mol. The molecule has 0 bridgehead atoms. The minimum atomic E-state index is -1.09. The van der Waals surface area contributed by atoms with Gasteiger partial charge in [0.05, 0.1) is 6.61 Å². The molecule has 0 spiro atoms. The molecule has 1 unspecified atom stereocenters. The second kappa shape index (κ2) is 9.64. The standard InChI is InChI=1S/C17H30O7/c1-9-20-15(19)24-22-13(3)21-23-14(18)12(2)10-17(7,8)11-16(4,5)6/h10,13H,9,11H2,1-8H3/b12-10-. The largest absolute Gasteiger partial charge is 0.540 e. The molecule has 0 amide bonds. The maximum atomic E-state index is 11.9. The van der Waals surface area contributed by atoms with Gasteiger partial charge in [0.15, 0.2) is 0 Å². The zero-order valence-corrected chi connectivity index (χ0v) is 15.9. The van der Waals surface area contributed by atoms with Gasteiger partial charge in [0.25, 0.3) is 0 Å². The molecule has 0 saturated carbocycles. The molecule has 0 radical (unpaired) electrons. The van der Waals surface area contributed by atoms with Crippen LogP contribution in [0.3, 0.4) is 0 Å². The molecule has 0 aliphatic carbocycles. The van der Waals surface area contributed by atoms with E-state index >= 15 is 0 Å². The van der Waals surface area contributed by atoms with Crippen molar-refractivity contribution in [2.45, 2.75) is 68.1 Å². The summed E-state index contributed by atoms with van der Waals surface area (Å²) in [6.45, 7) is 15.3. The van der Waals surface area contributed by atoms with Crippen molar-refractivity contribution in [3.63, 3.8) is 0 Å². The van der Waals surface area contributed by atoms with Gasteiger partial charge < -0.3 is 4.74 Å². The van der Waals surface area contributed by atoms with E-state index in [1.54, 1.807) is 13.8 Å². The van der Waals surface area contributed by atoms with Gasteiger partial charge in [-0.2, -0.15) is 0 Å². The second-order valence-electron chi connectivity index (χ2n) is 7.45. The van der Waals surface area contributed by atoms with E-state index in [-0.39, 0.29) is 17.4 Å². The monoisotopic (exact) mass is 346 g/mol. The van der Waals surface area contributed by atoms with Crippen LogP contribution < -0.4 is 0 Å². The van der Waals surface area contributed by atoms with Crippen molar-refractivity contribution in [1.82, 2.24) is 0 Å². The quantitative estimate of drug-likeness (QED) is 0.213. The van der Waals surface area contributed by atoms with E-state index < -0.39 is 18.4 Å². The molecule has 7 heteroatoms. The average Bonchev–Trinajstić information content (AvgIpc) is 2.39. The van der Waals surface area contributed by atoms with Crippen LogP contribution >= 0.6 is 0 Å². The van der Waals surface area contributed by atoms with Gasteiger partial charge >= 0.3 is 12.1 Å². The molecule has 0 aromatic heterocycles. The Morgan fingerprint density at radius 3 is 2.08 bits per heavy atom. The number of hydrogen-bond acceptors (Lipinski definition) is 7. The summed E-state index contributed by atoms with van der Waals surface area (Å²) in [5.74, 6) is -0.636. The van der Waals surface area contributed by atoms with E-state index in [1.165, 1.54) is 6.92 Å². The van der Waals surface area contributed by atoms with Crippen molar-refractivity contribution in [2.24, 2.45) is 10.8 Å². The van der Waals surface area contributed by atoms with Crippen molar-refractivity contribution in [3.8, 4) is 0 Å². The van der Waals surface area contributed by atoms with Crippen molar-refractivity contribution < 1.29 is 33.9 Å². The number of ether oxygens (including phenoxy) is 1. The first kappa shape index (κ1) is 22.4. The molecule has 0 saturated heterocycles. The van der Waals surface area contributed by atoms with E-state index in [1.807, 2.05) is 6.08 Å². The van der Waals surface area contributed by atoms with Gasteiger partial charge in [-0.15, -0.1) is 9.78 Å². The van der Waals surface area contributed by atoms with Crippen molar-refractivity contribution in [3.05, 3.63) is 11.6 Å². The van der Waals surface area contributed by atoms with Crippen molar-refractivity contribution in [1.29, 1.82) is 0 Å². The van der Waals surface area contributed by atoms with Crippen LogP contribution in [0, 0.1) is 10.8 Å². The summed E-state index contributed by atoms with van der Waals surface area (Å²) in [7, 11) is 0. The first-order valence-corrected chi connectivity index (χ1v) is 7.93. The van der Waals surface area contributed by atoms with Gasteiger partial charge in [-0.3, -0.25) is 9.78 Å². The van der Waals surface area contributed by atoms with Crippen LogP contribution in [0.5, 0.6) is 0 Å². The van der Waals surface area contributed by atoms with Gasteiger partial charge in [-0.05, 0) is 38.0 Å². The Bertz CT molecular complexity index is 446. The predicted molar refractivity (Wildman–Crippen MR) is 87.4 cm³/mol. The smallest absolute Gasteiger partial charge is 0.433 e. The maximum absolute atomic E-state index is 11.9. The maximum Gasteiger partial charge on any atom is 0.540 e. The predicted octanol–water partition coefficient (Wildman–Crippen LogP) is 4.32. The Morgan fingerprint density at radius 1 is 1.04 bits per heavy atom. The van der Waals surface area contributed by atoms with Crippen LogP contribution in [-0.4, -0.2) is 25.0 Å². The molecule has 140 valence electrons. The third-order valence-corrected chi connectivity index (χ3v) is 2.69. The Balaban J connectivity index is 4.40. The highest BCUT2D eigenvalue weighted by molar-refractivity contribution is 5.87. The third-order valence-electron chi connectivity index (χ3n) is 2.69. The fraction of sp³-hybridized carbons (Fsp3) is 0.765. The lowest BCUT2D eigenvalue weighted by Gasteiger charge is -2.30. The lowest BCUT2D eigenvalue weighted by Crippen LogP contribution is -2.22. The SMILES string of the molecule is CCOC(=O)OOC(C)OOC(=O)/C(C)=C\C(C)(C)CC(C)(C)C. The van der Waals surface area contributed by atoms with Crippen LogP contribution in [0.15, 0.2) is 11.6 Å². The summed E-state index contributed by atoms with van der Waals surface area (Å²) < 4.78 is 4.49. The van der Waals surface area contributed by atoms with Crippen LogP contribution in [0.25, 0.3) is 0 Å². The van der Waals surface area contributed by atoms with E-state index in [0.29, 0.717) is 5.57 Å². The Kier molecular flexibility index (Phi) is 8.99. The zero-order chi connectivity index (χ0) is 19.0. The Morgan fingerprint density at radius 2 is 1.58 bits per heavy atom. The molecular formula is C17H30O7. The van der Waals surface area contributed by atoms with Gasteiger partial charge in [0, 0.05) is 5.57 Å². The normalized spacial score (nSPS) is 14.1. The number of carbonyl (C=O) groups is 2. The molecule has 1 atom stereocenters. The third kappa shape index (κ3) is 11.0. The van der Waals surface area contributed by atoms with Gasteiger partial charge in [-0.25, -0.2) is 9.59 Å². The van der Waals surface area contributed by atoms with E-state index in [0.717, 1.165) is 6.42 Å². The van der Waals surface area contributed by atoms with Crippen LogP contribution in [0.2, 0.25) is 0 Å². The molecule has 7 nitrogen and oxygen atoms in total. The van der Waals surface area contributed by atoms with Gasteiger partial charge in [0.1, 0.15) is 0 Å². The molecule has 0 aliphatic heterocycles. The highest BCUT2D eigenvalue weighted by Crippen LogP contribution is 2.35. The molecule has 0 rings (SSSR count). The minimum Gasteiger partial charge on any atom is -0.433 e. The second-order valence-corrected chi connectivity index (χ2v) is 7.45. The summed E-state index contributed by atoms with van der Waals surface area (Å²) in [4.78, 5) is 41.1. The Labute approximate surface area is 144 Å². The molecule has 0 fully saturated rings. The molecule has 0 aromatic carbocycles. The molecule has 0 aliphatic rings. The summed E-state index contributed by atoms with van der Waals surface area (Å²) in [6.07, 6.45) is 0.663. The first-order valence-electron chi connectivity index (χ1n) is 7.93. The van der Waals surface area contributed by atoms with Gasteiger partial charge in [0.2, 0.25) is 6.29 Å². The topological polar surface area (TPSA) is 80.3 Å². The molecule has 0 heterocycles. The average molecular weight is 346 g/mol. The number of carbonyl (C=O) groups excluding carboxylic acids is 2. The summed E-state index contributed by atoms with van der Waals surface area (Å²) in [6, 6.07) is 0. The van der Waals surface area contributed by atoms with Crippen LogP contribution in [0.1, 0.15) is 61.8 Å². The minimum absolute atomic E-state index is 0.132. The first-order chi connectivity index (χ1) is 10.9. The Hall–Kier alpha value is -1.60. The number of rotatable bonds is 8.